The Balaban J connectivity index is 2.19. The molecule has 7 heteroatoms. The molecule has 0 radical (unpaired) electrons. The zero-order valence-electron chi connectivity index (χ0n) is 17.6. The van der Waals surface area contributed by atoms with Crippen molar-refractivity contribution in [1.29, 1.82) is 0 Å². The smallest absolute Gasteiger partial charge is 0.192 e. The van der Waals surface area contributed by atoms with E-state index in [1.54, 1.807) is 0 Å². The Hall–Kier alpha value is -0.0331. The van der Waals surface area contributed by atoms with Gasteiger partial charge in [-0.25, -0.2) is 0 Å². The first kappa shape index (κ1) is 24.2. The van der Waals surface area contributed by atoms with E-state index in [0.29, 0.717) is 6.61 Å². The van der Waals surface area contributed by atoms with Crippen molar-refractivity contribution in [2.24, 2.45) is 0 Å². The van der Waals surface area contributed by atoms with Crippen molar-refractivity contribution >= 4 is 30.9 Å². The van der Waals surface area contributed by atoms with Gasteiger partial charge in [0.05, 0.1) is 25.4 Å². The third-order valence-electron chi connectivity index (χ3n) is 5.81. The molecule has 0 bridgehead atoms. The molecule has 1 aliphatic rings. The summed E-state index contributed by atoms with van der Waals surface area (Å²) in [5.74, 6) is 0. The van der Waals surface area contributed by atoms with Crippen molar-refractivity contribution in [3.8, 4) is 0 Å². The normalized spacial score (nSPS) is 25.6. The van der Waals surface area contributed by atoms with E-state index in [4.69, 9.17) is 13.9 Å². The molecule has 1 aliphatic heterocycles. The summed E-state index contributed by atoms with van der Waals surface area (Å²) in [5.41, 5.74) is 1.02. The minimum absolute atomic E-state index is 0.0640. The summed E-state index contributed by atoms with van der Waals surface area (Å²) in [7, 11) is -2.01. The molecule has 0 aromatic heterocycles. The van der Waals surface area contributed by atoms with E-state index in [1.807, 2.05) is 30.3 Å². The Bertz CT molecular complexity index is 592. The summed E-state index contributed by atoms with van der Waals surface area (Å²) in [4.78, 5) is 0. The quantitative estimate of drug-likeness (QED) is 0.293. The summed E-state index contributed by atoms with van der Waals surface area (Å²) in [5, 5.41) is 20.2. The Kier molecular flexibility index (Phi) is 8.94. The predicted octanol–water partition coefficient (Wildman–Crippen LogP) is 3.91. The van der Waals surface area contributed by atoms with Gasteiger partial charge in [0, 0.05) is 10.8 Å². The average Bonchev–Trinajstić information content (AvgIpc) is 3.03. The second kappa shape index (κ2) is 10.3. The van der Waals surface area contributed by atoms with E-state index in [9.17, 15) is 10.2 Å². The summed E-state index contributed by atoms with van der Waals surface area (Å²) < 4.78 is 19.9. The van der Waals surface area contributed by atoms with Crippen LogP contribution in [0.2, 0.25) is 18.1 Å². The highest BCUT2D eigenvalue weighted by molar-refractivity contribution is 14.1. The van der Waals surface area contributed by atoms with Gasteiger partial charge in [0.1, 0.15) is 18.3 Å². The zero-order valence-corrected chi connectivity index (χ0v) is 20.8. The van der Waals surface area contributed by atoms with Gasteiger partial charge in [-0.3, -0.25) is 0 Å². The van der Waals surface area contributed by atoms with Gasteiger partial charge in [-0.15, -0.1) is 0 Å². The summed E-state index contributed by atoms with van der Waals surface area (Å²) in [6.45, 7) is 11.1. The van der Waals surface area contributed by atoms with Crippen LogP contribution in [0.25, 0.3) is 0 Å². The van der Waals surface area contributed by atoms with Crippen molar-refractivity contribution in [3.63, 3.8) is 0 Å². The topological polar surface area (TPSA) is 68.2 Å². The predicted molar refractivity (Wildman–Crippen MR) is 122 cm³/mol. The zero-order chi connectivity index (χ0) is 20.9. The number of hydrogen-bond acceptors (Lipinski definition) is 5. The highest BCUT2D eigenvalue weighted by atomic mass is 127. The van der Waals surface area contributed by atoms with Gasteiger partial charge in [0.15, 0.2) is 8.32 Å². The Morgan fingerprint density at radius 2 is 1.89 bits per heavy atom. The fraction of sp³-hybridized carbons (Fsp3) is 0.714. The van der Waals surface area contributed by atoms with Crippen LogP contribution in [0.4, 0.5) is 0 Å². The molecule has 0 unspecified atom stereocenters. The number of rotatable bonds is 9. The molecule has 1 aromatic carbocycles. The maximum absolute atomic E-state index is 10.5. The van der Waals surface area contributed by atoms with Crippen LogP contribution in [0.5, 0.6) is 0 Å². The van der Waals surface area contributed by atoms with Crippen LogP contribution in [0.1, 0.15) is 32.8 Å². The number of halogens is 1. The number of aliphatic hydroxyl groups excluding tert-OH is 2. The van der Waals surface area contributed by atoms with E-state index < -0.39 is 26.6 Å². The SMILES string of the molecule is CC(C)(C)[Si](C)(C)O[C@@H]1C[C@@H](CI)O[C@H]1[C@H](OCc1ccccc1)[C@@H](O)CO. The van der Waals surface area contributed by atoms with Crippen molar-refractivity contribution in [3.05, 3.63) is 35.9 Å². The minimum atomic E-state index is -2.01. The van der Waals surface area contributed by atoms with Crippen LogP contribution >= 0.6 is 22.6 Å². The van der Waals surface area contributed by atoms with Gasteiger partial charge in [0.2, 0.25) is 0 Å². The van der Waals surface area contributed by atoms with Gasteiger partial charge >= 0.3 is 0 Å². The molecule has 1 fully saturated rings. The number of aliphatic hydroxyl groups is 2. The van der Waals surface area contributed by atoms with Crippen molar-refractivity contribution < 1.29 is 24.1 Å². The fourth-order valence-electron chi connectivity index (χ4n) is 3.11. The lowest BCUT2D eigenvalue weighted by Crippen LogP contribution is -2.51. The van der Waals surface area contributed by atoms with Crippen LogP contribution < -0.4 is 0 Å². The molecule has 28 heavy (non-hydrogen) atoms. The van der Waals surface area contributed by atoms with Crippen molar-refractivity contribution in [2.75, 3.05) is 11.0 Å². The maximum Gasteiger partial charge on any atom is 0.192 e. The standard InChI is InChI=1S/C21H35IO5Si/c1-21(2,3)28(4,5)27-18-11-16(12-22)26-20(18)19(17(24)13-23)25-14-15-9-7-6-8-10-15/h6-10,16-20,23-24H,11-14H2,1-5H3/t16-,17-,18+,19+,20+/m0/s1. The fourth-order valence-corrected chi connectivity index (χ4v) is 5.02. The molecule has 0 spiro atoms. The largest absolute Gasteiger partial charge is 0.411 e. The highest BCUT2D eigenvalue weighted by Crippen LogP contribution is 2.40. The summed E-state index contributed by atoms with van der Waals surface area (Å²) in [6.07, 6.45) is -1.37. The lowest BCUT2D eigenvalue weighted by Gasteiger charge is -2.40. The molecule has 160 valence electrons. The van der Waals surface area contributed by atoms with Crippen LogP contribution in [0.15, 0.2) is 30.3 Å². The highest BCUT2D eigenvalue weighted by Gasteiger charge is 2.48. The average molecular weight is 522 g/mol. The molecular weight excluding hydrogens is 487 g/mol. The number of benzene rings is 1. The molecule has 0 saturated carbocycles. The molecule has 0 amide bonds. The molecule has 2 rings (SSSR count). The number of alkyl halides is 1. The first-order valence-electron chi connectivity index (χ1n) is 9.92. The van der Waals surface area contributed by atoms with Gasteiger partial charge in [-0.1, -0.05) is 73.7 Å². The molecule has 1 saturated heterocycles. The Labute approximate surface area is 184 Å². The van der Waals surface area contributed by atoms with Gasteiger partial charge in [-0.2, -0.15) is 0 Å². The second-order valence-electron chi connectivity index (χ2n) is 9.04. The van der Waals surface area contributed by atoms with E-state index in [0.717, 1.165) is 16.4 Å². The van der Waals surface area contributed by atoms with Crippen molar-refractivity contribution in [2.45, 2.75) is 82.5 Å². The summed E-state index contributed by atoms with van der Waals surface area (Å²) in [6, 6.07) is 9.83. The molecule has 5 nitrogen and oxygen atoms in total. The van der Waals surface area contributed by atoms with Gasteiger partial charge in [0.25, 0.3) is 0 Å². The molecule has 2 N–H and O–H groups in total. The van der Waals surface area contributed by atoms with Crippen LogP contribution in [0.3, 0.4) is 0 Å². The summed E-state index contributed by atoms with van der Waals surface area (Å²) >= 11 is 2.32. The Morgan fingerprint density at radius 1 is 1.25 bits per heavy atom. The minimum Gasteiger partial charge on any atom is -0.411 e. The lowest BCUT2D eigenvalue weighted by molar-refractivity contribution is -0.146. The Morgan fingerprint density at radius 3 is 2.43 bits per heavy atom. The first-order valence-corrected chi connectivity index (χ1v) is 14.4. The molecule has 5 atom stereocenters. The molecule has 0 aliphatic carbocycles. The molecule has 1 heterocycles. The van der Waals surface area contributed by atoms with Crippen molar-refractivity contribution in [1.82, 2.24) is 0 Å². The van der Waals surface area contributed by atoms with E-state index in [-0.39, 0.29) is 23.9 Å². The molecule has 1 aromatic rings. The second-order valence-corrected chi connectivity index (χ2v) is 14.7. The monoisotopic (exact) mass is 522 g/mol. The first-order chi connectivity index (χ1) is 13.1. The van der Waals surface area contributed by atoms with E-state index in [1.165, 1.54) is 0 Å². The maximum atomic E-state index is 10.5. The van der Waals surface area contributed by atoms with Crippen LogP contribution in [-0.4, -0.2) is 60.1 Å². The van der Waals surface area contributed by atoms with Gasteiger partial charge < -0.3 is 24.1 Å². The number of ether oxygens (including phenoxy) is 2. The third kappa shape index (κ3) is 6.23. The van der Waals surface area contributed by atoms with E-state index >= 15 is 0 Å². The van der Waals surface area contributed by atoms with Crippen LogP contribution in [-0.2, 0) is 20.5 Å². The third-order valence-corrected chi connectivity index (χ3v) is 11.3. The lowest BCUT2D eigenvalue weighted by atomic mass is 10.0. The van der Waals surface area contributed by atoms with E-state index in [2.05, 4.69) is 56.5 Å². The molecular formula is C21H35IO5Si. The number of hydrogen-bond donors (Lipinski definition) is 2. The van der Waals surface area contributed by atoms with Gasteiger partial charge in [-0.05, 0) is 23.7 Å². The van der Waals surface area contributed by atoms with Crippen LogP contribution in [0, 0.1) is 0 Å².